The van der Waals surface area contributed by atoms with Gasteiger partial charge in [0.2, 0.25) is 0 Å². The van der Waals surface area contributed by atoms with E-state index in [1.807, 2.05) is 0 Å². The average molecular weight is 379 g/mol. The number of methoxy groups -OCH3 is 1. The van der Waals surface area contributed by atoms with Gasteiger partial charge < -0.3 is 4.74 Å². The molecule has 0 spiro atoms. The van der Waals surface area contributed by atoms with Crippen LogP contribution in [0.15, 0.2) is 72.8 Å². The Morgan fingerprint density at radius 2 is 0.889 bits per heavy atom. The first-order valence-electron chi connectivity index (χ1n) is 8.13. The summed E-state index contributed by atoms with van der Waals surface area (Å²) >= 11 is 5.84. The minimum atomic E-state index is -0.459. The lowest BCUT2D eigenvalue weighted by Crippen LogP contribution is -2.05. The highest BCUT2D eigenvalue weighted by Gasteiger charge is 2.13. The summed E-state index contributed by atoms with van der Waals surface area (Å²) in [5, 5.41) is 0.561. The van der Waals surface area contributed by atoms with Crippen molar-refractivity contribution in [3.05, 3.63) is 106 Å². The topological polar surface area (TPSA) is 60.4 Å². The minimum Gasteiger partial charge on any atom is -0.465 e. The predicted octanol–water partition coefficient (Wildman–Crippen LogP) is 4.59. The van der Waals surface area contributed by atoms with Crippen LogP contribution in [0.2, 0.25) is 5.02 Å². The molecule has 3 aromatic rings. The second-order valence-electron chi connectivity index (χ2n) is 5.81. The molecule has 0 radical (unpaired) electrons. The van der Waals surface area contributed by atoms with Gasteiger partial charge >= 0.3 is 5.97 Å². The van der Waals surface area contributed by atoms with E-state index in [0.717, 1.165) is 0 Å². The maximum Gasteiger partial charge on any atom is 0.337 e. The number of hydrogen-bond donors (Lipinski definition) is 0. The van der Waals surface area contributed by atoms with Crippen LogP contribution in [0.3, 0.4) is 0 Å². The van der Waals surface area contributed by atoms with Crippen LogP contribution in [-0.2, 0) is 4.74 Å². The summed E-state index contributed by atoms with van der Waals surface area (Å²) in [5.74, 6) is -0.802. The molecule has 0 aromatic heterocycles. The molecule has 4 nitrogen and oxygen atoms in total. The normalized spacial score (nSPS) is 10.3. The van der Waals surface area contributed by atoms with E-state index in [1.165, 1.54) is 19.2 Å². The van der Waals surface area contributed by atoms with E-state index in [-0.39, 0.29) is 11.6 Å². The first-order valence-corrected chi connectivity index (χ1v) is 8.51. The number of esters is 1. The molecule has 0 bridgehead atoms. The Hall–Kier alpha value is -3.24. The van der Waals surface area contributed by atoms with Gasteiger partial charge in [0.05, 0.1) is 12.7 Å². The van der Waals surface area contributed by atoms with Gasteiger partial charge in [0.1, 0.15) is 0 Å². The zero-order valence-corrected chi connectivity index (χ0v) is 15.2. The van der Waals surface area contributed by atoms with E-state index in [4.69, 9.17) is 11.6 Å². The molecule has 0 fully saturated rings. The molecule has 0 aliphatic rings. The molecule has 0 saturated carbocycles. The summed E-state index contributed by atoms with van der Waals surface area (Å²) in [6, 6.07) is 19.3. The number of carbonyl (C=O) groups is 3. The lowest BCUT2D eigenvalue weighted by atomic mass is 9.98. The van der Waals surface area contributed by atoms with Crippen molar-refractivity contribution in [3.8, 4) is 0 Å². The highest BCUT2D eigenvalue weighted by Crippen LogP contribution is 2.17. The fraction of sp³-hybridized carbons (Fsp3) is 0.0455. The number of hydrogen-bond acceptors (Lipinski definition) is 4. The number of carbonyl (C=O) groups excluding carboxylic acids is 3. The Bertz CT molecular complexity index is 988. The first kappa shape index (κ1) is 18.5. The molecule has 134 valence electrons. The molecular formula is C22H15ClO4. The SMILES string of the molecule is COC(=O)c1ccc(C(=O)c2ccc(C(=O)c3ccc(Cl)cc3)cc2)cc1. The van der Waals surface area contributed by atoms with Crippen LogP contribution in [0.1, 0.15) is 42.2 Å². The Balaban J connectivity index is 1.78. The molecule has 0 amide bonds. The lowest BCUT2D eigenvalue weighted by Gasteiger charge is -2.05. The van der Waals surface area contributed by atoms with E-state index in [1.54, 1.807) is 60.7 Å². The molecule has 0 aliphatic heterocycles. The van der Waals surface area contributed by atoms with Crippen LogP contribution < -0.4 is 0 Å². The molecule has 3 aromatic carbocycles. The number of rotatable bonds is 5. The summed E-state index contributed by atoms with van der Waals surface area (Å²) < 4.78 is 4.64. The molecule has 0 atom stereocenters. The maximum atomic E-state index is 12.6. The smallest absolute Gasteiger partial charge is 0.337 e. The Labute approximate surface area is 161 Å². The third-order valence-corrected chi connectivity index (χ3v) is 4.34. The number of halogens is 1. The number of ether oxygens (including phenoxy) is 1. The van der Waals surface area contributed by atoms with Crippen molar-refractivity contribution in [3.63, 3.8) is 0 Å². The van der Waals surface area contributed by atoms with Gasteiger partial charge in [-0.2, -0.15) is 0 Å². The molecule has 5 heteroatoms. The van der Waals surface area contributed by atoms with Crippen LogP contribution >= 0.6 is 11.6 Å². The van der Waals surface area contributed by atoms with Crippen LogP contribution in [-0.4, -0.2) is 24.6 Å². The third-order valence-electron chi connectivity index (χ3n) is 4.08. The van der Waals surface area contributed by atoms with Crippen molar-refractivity contribution in [2.45, 2.75) is 0 Å². The first-order chi connectivity index (χ1) is 13.0. The Morgan fingerprint density at radius 1 is 0.593 bits per heavy atom. The van der Waals surface area contributed by atoms with Crippen LogP contribution in [0.4, 0.5) is 0 Å². The second kappa shape index (κ2) is 7.98. The summed E-state index contributed by atoms with van der Waals surface area (Å²) in [6.45, 7) is 0. The second-order valence-corrected chi connectivity index (χ2v) is 6.25. The fourth-order valence-electron chi connectivity index (χ4n) is 2.58. The molecule has 0 aliphatic carbocycles. The van der Waals surface area contributed by atoms with Gasteiger partial charge in [0.25, 0.3) is 0 Å². The molecule has 0 N–H and O–H groups in total. The van der Waals surface area contributed by atoms with Gasteiger partial charge in [-0.1, -0.05) is 48.0 Å². The van der Waals surface area contributed by atoms with Gasteiger partial charge in [-0.15, -0.1) is 0 Å². The zero-order chi connectivity index (χ0) is 19.4. The lowest BCUT2D eigenvalue weighted by molar-refractivity contribution is 0.0600. The van der Waals surface area contributed by atoms with Crippen LogP contribution in [0.5, 0.6) is 0 Å². The van der Waals surface area contributed by atoms with Crippen molar-refractivity contribution in [1.82, 2.24) is 0 Å². The highest BCUT2D eigenvalue weighted by atomic mass is 35.5. The summed E-state index contributed by atoms with van der Waals surface area (Å²) in [6.07, 6.45) is 0. The van der Waals surface area contributed by atoms with Gasteiger partial charge in [-0.3, -0.25) is 9.59 Å². The largest absolute Gasteiger partial charge is 0.465 e. The van der Waals surface area contributed by atoms with Crippen molar-refractivity contribution in [2.24, 2.45) is 0 Å². The van der Waals surface area contributed by atoms with E-state index >= 15 is 0 Å². The van der Waals surface area contributed by atoms with Gasteiger partial charge in [-0.05, 0) is 36.4 Å². The van der Waals surface area contributed by atoms with Gasteiger partial charge in [0.15, 0.2) is 11.6 Å². The molecule has 27 heavy (non-hydrogen) atoms. The predicted molar refractivity (Wildman–Crippen MR) is 103 cm³/mol. The summed E-state index contributed by atoms with van der Waals surface area (Å²) in [4.78, 5) is 36.5. The quantitative estimate of drug-likeness (QED) is 0.481. The zero-order valence-electron chi connectivity index (χ0n) is 14.4. The van der Waals surface area contributed by atoms with E-state index < -0.39 is 5.97 Å². The summed E-state index contributed by atoms with van der Waals surface area (Å²) in [5.41, 5.74) is 2.28. The molecule has 0 unspecified atom stereocenters. The van der Waals surface area contributed by atoms with Crippen LogP contribution in [0, 0.1) is 0 Å². The van der Waals surface area contributed by atoms with E-state index in [2.05, 4.69) is 4.74 Å². The molecule has 0 heterocycles. The van der Waals surface area contributed by atoms with Gasteiger partial charge in [-0.25, -0.2) is 4.79 Å². The molecule has 3 rings (SSSR count). The fourth-order valence-corrected chi connectivity index (χ4v) is 2.71. The monoisotopic (exact) mass is 378 g/mol. The van der Waals surface area contributed by atoms with Gasteiger partial charge in [0, 0.05) is 27.3 Å². The van der Waals surface area contributed by atoms with Crippen molar-refractivity contribution in [2.75, 3.05) is 7.11 Å². The standard InChI is InChI=1S/C22H15ClO4/c1-27-22(26)18-8-6-16(7-9-18)20(24)14-2-4-15(5-3-14)21(25)17-10-12-19(23)13-11-17/h2-13H,1H3. The Kier molecular flexibility index (Phi) is 5.48. The van der Waals surface area contributed by atoms with Crippen molar-refractivity contribution < 1.29 is 19.1 Å². The van der Waals surface area contributed by atoms with Crippen molar-refractivity contribution in [1.29, 1.82) is 0 Å². The van der Waals surface area contributed by atoms with E-state index in [9.17, 15) is 14.4 Å². The van der Waals surface area contributed by atoms with E-state index in [0.29, 0.717) is 32.8 Å². The summed E-state index contributed by atoms with van der Waals surface area (Å²) in [7, 11) is 1.30. The van der Waals surface area contributed by atoms with Crippen LogP contribution in [0.25, 0.3) is 0 Å². The maximum absolute atomic E-state index is 12.6. The third kappa shape index (κ3) is 4.13. The molecule has 0 saturated heterocycles. The number of benzene rings is 3. The highest BCUT2D eigenvalue weighted by molar-refractivity contribution is 6.30. The minimum absolute atomic E-state index is 0.145. The van der Waals surface area contributed by atoms with Crippen molar-refractivity contribution >= 4 is 29.1 Å². The molecular weight excluding hydrogens is 364 g/mol. The Morgan fingerprint density at radius 3 is 1.22 bits per heavy atom. The average Bonchev–Trinajstić information content (AvgIpc) is 2.73. The number of ketones is 2.